The fourth-order valence-electron chi connectivity index (χ4n) is 7.60. The number of aromatic hydroxyl groups is 1. The summed E-state index contributed by atoms with van der Waals surface area (Å²) in [6.07, 6.45) is 11.3. The smallest absolute Gasteiger partial charge is 0.407 e. The zero-order chi connectivity index (χ0) is 30.5. The highest BCUT2D eigenvalue weighted by atomic mass is 19.1. The van der Waals surface area contributed by atoms with E-state index in [1.807, 2.05) is 26.0 Å². The largest absolute Gasteiger partial charge is 0.508 e. The molecule has 1 atom stereocenters. The first-order valence-corrected chi connectivity index (χ1v) is 15.7. The van der Waals surface area contributed by atoms with Crippen LogP contribution in [0.2, 0.25) is 0 Å². The number of aryl methyl sites for hydroxylation is 1. The molecule has 0 radical (unpaired) electrons. The van der Waals surface area contributed by atoms with Crippen molar-refractivity contribution in [3.8, 4) is 23.0 Å². The molecule has 10 nitrogen and oxygen atoms in total. The number of carbonyl (C=O) groups excluding carboxylic acids is 1. The van der Waals surface area contributed by atoms with Gasteiger partial charge in [0.1, 0.15) is 29.4 Å². The van der Waals surface area contributed by atoms with Crippen LogP contribution < -0.4 is 15.0 Å². The first kappa shape index (κ1) is 28.8. The number of pyridine rings is 1. The number of benzene rings is 1. The van der Waals surface area contributed by atoms with Crippen molar-refractivity contribution in [1.29, 1.82) is 0 Å². The molecule has 44 heavy (non-hydrogen) atoms. The minimum atomic E-state index is -0.599. The number of amides is 1. The van der Waals surface area contributed by atoms with Gasteiger partial charge in [0.25, 0.3) is 0 Å². The van der Waals surface area contributed by atoms with E-state index in [4.69, 9.17) is 14.5 Å². The van der Waals surface area contributed by atoms with Crippen LogP contribution in [0, 0.1) is 12.7 Å². The summed E-state index contributed by atoms with van der Waals surface area (Å²) in [5.74, 6) is -0.0653. The lowest BCUT2D eigenvalue weighted by Gasteiger charge is -2.41. The second-order valence-electron chi connectivity index (χ2n) is 13.0. The molecule has 5 aliphatic rings. The molecule has 3 aromatic rings. The van der Waals surface area contributed by atoms with Gasteiger partial charge in [0, 0.05) is 24.8 Å². The number of anilines is 1. The van der Waals surface area contributed by atoms with Crippen molar-refractivity contribution in [3.05, 3.63) is 41.3 Å². The average molecular weight is 603 g/mol. The fourth-order valence-corrected chi connectivity index (χ4v) is 7.60. The molecule has 2 N–H and O–H groups in total. The first-order valence-electron chi connectivity index (χ1n) is 15.7. The number of alkyl carbamates (subject to hydrolysis) is 1. The van der Waals surface area contributed by atoms with E-state index >= 15 is 4.39 Å². The van der Waals surface area contributed by atoms with Crippen LogP contribution in [0.25, 0.3) is 28.2 Å². The number of ether oxygens (including phenoxy) is 2. The van der Waals surface area contributed by atoms with Crippen molar-refractivity contribution < 1.29 is 23.8 Å². The third kappa shape index (κ3) is 5.21. The SMILES string of the molecule is Cc1cc(O)cc2c1/C=C\CCOC(=O)N[C@]1(C)CCCN(C1)c1nc(OCC34CCCN3CCC4)nc3c(F)c-2ncc13. The van der Waals surface area contributed by atoms with Gasteiger partial charge in [-0.2, -0.15) is 9.97 Å². The van der Waals surface area contributed by atoms with Crippen molar-refractivity contribution in [2.75, 3.05) is 44.3 Å². The molecular weight excluding hydrogens is 563 g/mol. The molecule has 0 spiro atoms. The Hall–Kier alpha value is -3.99. The molecule has 232 valence electrons. The number of aromatic nitrogens is 3. The standard InChI is InChI=1S/C33H39FN6O4/c1-21-16-22(41)17-24-23(21)8-3-4-15-43-31(42)38-32(2)9-5-12-39(19-32)29-25-18-35-27(24)26(34)28(25)36-30(37-29)44-20-33-10-6-13-40(33)14-7-11-33/h3,8,16-18,41H,4-7,9-15,19-20H2,1-2H3,(H,38,42)/b8-3-/t32-/m1/s1. The van der Waals surface area contributed by atoms with Gasteiger partial charge in [0.15, 0.2) is 5.82 Å². The Bertz CT molecular complexity index is 1640. The quantitative estimate of drug-likeness (QED) is 0.409. The zero-order valence-electron chi connectivity index (χ0n) is 25.4. The summed E-state index contributed by atoms with van der Waals surface area (Å²) < 4.78 is 28.6. The molecule has 6 bridgehead atoms. The van der Waals surface area contributed by atoms with Gasteiger partial charge in [0.05, 0.1) is 23.1 Å². The average Bonchev–Trinajstić information content (AvgIpc) is 3.57. The summed E-state index contributed by atoms with van der Waals surface area (Å²) >= 11 is 0. The zero-order valence-corrected chi connectivity index (χ0v) is 25.4. The third-order valence-corrected chi connectivity index (χ3v) is 9.75. The number of halogens is 1. The van der Waals surface area contributed by atoms with Gasteiger partial charge in [-0.05, 0) is 95.1 Å². The highest BCUT2D eigenvalue weighted by Gasteiger charge is 2.45. The predicted molar refractivity (Wildman–Crippen MR) is 165 cm³/mol. The van der Waals surface area contributed by atoms with Crippen LogP contribution in [0.5, 0.6) is 11.8 Å². The summed E-state index contributed by atoms with van der Waals surface area (Å²) in [6.45, 7) is 7.74. The monoisotopic (exact) mass is 602 g/mol. The number of fused-ring (bicyclic) bond motifs is 7. The van der Waals surface area contributed by atoms with E-state index < -0.39 is 17.4 Å². The Balaban J connectivity index is 1.38. The van der Waals surface area contributed by atoms with Gasteiger partial charge in [0.2, 0.25) is 0 Å². The maximum atomic E-state index is 16.7. The summed E-state index contributed by atoms with van der Waals surface area (Å²) in [7, 11) is 0. The topological polar surface area (TPSA) is 113 Å². The maximum absolute atomic E-state index is 16.7. The molecule has 7 heterocycles. The highest BCUT2D eigenvalue weighted by Crippen LogP contribution is 2.40. The van der Waals surface area contributed by atoms with E-state index in [9.17, 15) is 9.90 Å². The lowest BCUT2D eigenvalue weighted by Crippen LogP contribution is -2.57. The first-order chi connectivity index (χ1) is 21.2. The Morgan fingerprint density at radius 2 is 1.93 bits per heavy atom. The van der Waals surface area contributed by atoms with E-state index in [0.717, 1.165) is 57.2 Å². The minimum Gasteiger partial charge on any atom is -0.508 e. The lowest BCUT2D eigenvalue weighted by atomic mass is 9.91. The van der Waals surface area contributed by atoms with Gasteiger partial charge in [-0.15, -0.1) is 0 Å². The Labute approximate surface area is 256 Å². The Kier molecular flexibility index (Phi) is 7.31. The number of carbonyl (C=O) groups is 1. The van der Waals surface area contributed by atoms with Crippen molar-refractivity contribution in [2.24, 2.45) is 0 Å². The van der Waals surface area contributed by atoms with Crippen molar-refractivity contribution in [3.63, 3.8) is 0 Å². The molecule has 0 unspecified atom stereocenters. The highest BCUT2D eigenvalue weighted by molar-refractivity contribution is 5.93. The number of nitrogens with one attached hydrogen (secondary N) is 1. The van der Waals surface area contributed by atoms with E-state index in [1.165, 1.54) is 6.07 Å². The molecule has 0 saturated carbocycles. The lowest BCUT2D eigenvalue weighted by molar-refractivity contribution is 0.108. The number of nitrogens with zero attached hydrogens (tertiary/aromatic N) is 5. The molecule has 3 fully saturated rings. The second kappa shape index (κ2) is 11.2. The molecule has 2 aromatic heterocycles. The summed E-state index contributed by atoms with van der Waals surface area (Å²) in [5, 5.41) is 14.0. The van der Waals surface area contributed by atoms with Crippen LogP contribution in [0.3, 0.4) is 0 Å². The van der Waals surface area contributed by atoms with E-state index in [-0.39, 0.29) is 35.1 Å². The number of phenols is 1. The Morgan fingerprint density at radius 3 is 2.75 bits per heavy atom. The normalized spacial score (nSPS) is 24.1. The molecule has 1 aromatic carbocycles. The van der Waals surface area contributed by atoms with Gasteiger partial charge >= 0.3 is 12.1 Å². The van der Waals surface area contributed by atoms with E-state index in [2.05, 4.69) is 25.1 Å². The second-order valence-corrected chi connectivity index (χ2v) is 13.0. The molecule has 1 amide bonds. The fraction of sp³-hybridized carbons (Fsp3) is 0.515. The van der Waals surface area contributed by atoms with Crippen LogP contribution in [0.4, 0.5) is 15.0 Å². The van der Waals surface area contributed by atoms with E-state index in [0.29, 0.717) is 48.4 Å². The van der Waals surface area contributed by atoms with Crippen molar-refractivity contribution in [2.45, 2.75) is 69.9 Å². The molecule has 8 rings (SSSR count). The molecule has 3 saturated heterocycles. The van der Waals surface area contributed by atoms with Crippen LogP contribution in [0.15, 0.2) is 24.4 Å². The number of rotatable bonds is 3. The van der Waals surface area contributed by atoms with Crippen molar-refractivity contribution in [1.82, 2.24) is 25.2 Å². The van der Waals surface area contributed by atoms with E-state index in [1.54, 1.807) is 12.3 Å². The Morgan fingerprint density at radius 1 is 1.14 bits per heavy atom. The van der Waals surface area contributed by atoms with Crippen LogP contribution in [-0.2, 0) is 4.74 Å². The number of hydrogen-bond donors (Lipinski definition) is 2. The van der Waals surface area contributed by atoms with Crippen LogP contribution in [-0.4, -0.2) is 81.5 Å². The summed E-state index contributed by atoms with van der Waals surface area (Å²) in [4.78, 5) is 31.5. The molecule has 0 aliphatic carbocycles. The molecular formula is C33H39FN6O4. The number of phenolic OH excluding ortho intramolecular Hbond substituents is 1. The van der Waals surface area contributed by atoms with Gasteiger partial charge < -0.3 is 24.8 Å². The third-order valence-electron chi connectivity index (χ3n) is 9.75. The van der Waals surface area contributed by atoms with Gasteiger partial charge in [-0.1, -0.05) is 12.2 Å². The maximum Gasteiger partial charge on any atom is 0.407 e. The molecule has 11 heteroatoms. The summed E-state index contributed by atoms with van der Waals surface area (Å²) in [5.41, 5.74) is 1.50. The predicted octanol–water partition coefficient (Wildman–Crippen LogP) is 5.35. The van der Waals surface area contributed by atoms with Crippen LogP contribution >= 0.6 is 0 Å². The number of piperidine rings is 1. The number of hydrogen-bond acceptors (Lipinski definition) is 9. The summed E-state index contributed by atoms with van der Waals surface area (Å²) in [6, 6.07) is 3.27. The van der Waals surface area contributed by atoms with Crippen molar-refractivity contribution >= 4 is 28.9 Å². The molecule has 5 aliphatic heterocycles. The minimum absolute atomic E-state index is 0.0128. The van der Waals surface area contributed by atoms with Crippen LogP contribution in [0.1, 0.15) is 63.0 Å². The van der Waals surface area contributed by atoms with Gasteiger partial charge in [-0.25, -0.2) is 9.18 Å². The van der Waals surface area contributed by atoms with Gasteiger partial charge in [-0.3, -0.25) is 9.88 Å².